The van der Waals surface area contributed by atoms with Crippen molar-refractivity contribution in [2.24, 2.45) is 50.2 Å². The fourth-order valence-corrected chi connectivity index (χ4v) is 17.3. The number of hydrogen-bond donors (Lipinski definition) is 15. The first-order valence-corrected chi connectivity index (χ1v) is 30.2. The summed E-state index contributed by atoms with van der Waals surface area (Å²) in [7, 11) is 0. The van der Waals surface area contributed by atoms with E-state index in [2.05, 4.69) is 40.7 Å². The van der Waals surface area contributed by atoms with Crippen LogP contribution in [0.1, 0.15) is 113 Å². The van der Waals surface area contributed by atoms with Gasteiger partial charge in [0.05, 0.1) is 50.7 Å². The Bertz CT molecular complexity index is 2330. The van der Waals surface area contributed by atoms with Crippen LogP contribution in [0.15, 0.2) is 11.6 Å². The van der Waals surface area contributed by atoms with Gasteiger partial charge >= 0.3 is 5.97 Å². The van der Waals surface area contributed by atoms with Gasteiger partial charge in [0, 0.05) is 5.41 Å². The first-order chi connectivity index (χ1) is 39.4. The molecule has 5 saturated heterocycles. The average molecular weight is 1210 g/mol. The minimum atomic E-state index is -1.90. The van der Waals surface area contributed by atoms with Crippen LogP contribution in [0, 0.1) is 50.2 Å². The lowest BCUT2D eigenvalue weighted by atomic mass is 9.33. The predicted octanol–water partition coefficient (Wildman–Crippen LogP) is -2.93. The number of allylic oxidation sites excluding steroid dienone is 2. The van der Waals surface area contributed by atoms with Crippen molar-refractivity contribution in [3.05, 3.63) is 11.6 Å². The highest BCUT2D eigenvalue weighted by atomic mass is 16.8. The van der Waals surface area contributed by atoms with Crippen LogP contribution in [0.5, 0.6) is 0 Å². The molecule has 5 aliphatic heterocycles. The van der Waals surface area contributed by atoms with E-state index in [1.165, 1.54) is 12.5 Å². The summed E-state index contributed by atoms with van der Waals surface area (Å²) in [5.41, 5.74) is -1.92. The van der Waals surface area contributed by atoms with E-state index in [-0.39, 0.29) is 53.8 Å². The molecular weight excluding hydrogens is 1110 g/mol. The molecule has 5 aliphatic carbocycles. The number of carbonyl (C=O) groups is 1. The van der Waals surface area contributed by atoms with Gasteiger partial charge in [-0.25, -0.2) is 0 Å². The van der Waals surface area contributed by atoms with Crippen molar-refractivity contribution in [1.29, 1.82) is 0 Å². The maximum absolute atomic E-state index is 15.2. The molecule has 0 aromatic rings. The van der Waals surface area contributed by atoms with Gasteiger partial charge in [0.1, 0.15) is 104 Å². The Hall–Kier alpha value is -1.75. The van der Waals surface area contributed by atoms with Gasteiger partial charge in [-0.1, -0.05) is 53.2 Å². The van der Waals surface area contributed by atoms with Crippen LogP contribution in [0.25, 0.3) is 0 Å². The number of ether oxygens (including phenoxy) is 10. The van der Waals surface area contributed by atoms with E-state index < -0.39 is 183 Å². The summed E-state index contributed by atoms with van der Waals surface area (Å²) in [5, 5.41) is 162. The van der Waals surface area contributed by atoms with Crippen molar-refractivity contribution < 1.29 is 129 Å². The highest BCUT2D eigenvalue weighted by molar-refractivity contribution is 5.79. The lowest BCUT2D eigenvalue weighted by Crippen LogP contribution is -2.67. The summed E-state index contributed by atoms with van der Waals surface area (Å²) < 4.78 is 59.1. The first kappa shape index (κ1) is 65.2. The van der Waals surface area contributed by atoms with Crippen molar-refractivity contribution in [2.75, 3.05) is 33.0 Å². The second-order valence-electron chi connectivity index (χ2n) is 28.1. The molecule has 26 heteroatoms. The Morgan fingerprint density at radius 1 is 0.571 bits per heavy atom. The van der Waals surface area contributed by atoms with Crippen LogP contribution < -0.4 is 0 Å². The van der Waals surface area contributed by atoms with E-state index in [0.717, 1.165) is 12.8 Å². The van der Waals surface area contributed by atoms with Crippen molar-refractivity contribution in [1.82, 2.24) is 0 Å². The van der Waals surface area contributed by atoms with Crippen LogP contribution in [0.4, 0.5) is 0 Å². The van der Waals surface area contributed by atoms with Crippen LogP contribution in [0.3, 0.4) is 0 Å². The third-order valence-electron chi connectivity index (χ3n) is 22.8. The Morgan fingerprint density at radius 2 is 1.18 bits per heavy atom. The minimum Gasteiger partial charge on any atom is -0.432 e. The Labute approximate surface area is 488 Å². The monoisotopic (exact) mass is 1210 g/mol. The third kappa shape index (κ3) is 10.9. The van der Waals surface area contributed by atoms with Crippen molar-refractivity contribution in [2.45, 2.75) is 260 Å². The molecular formula is C58H94O26. The maximum atomic E-state index is 15.2. The fraction of sp³-hybridized carbons (Fsp3) is 0.948. The molecule has 0 amide bonds. The van der Waals surface area contributed by atoms with Crippen molar-refractivity contribution >= 4 is 5.97 Å². The molecule has 26 nitrogen and oxygen atoms in total. The highest BCUT2D eigenvalue weighted by Crippen LogP contribution is 2.76. The Balaban J connectivity index is 0.832. The van der Waals surface area contributed by atoms with Gasteiger partial charge in [-0.3, -0.25) is 4.79 Å². The topological polar surface area (TPSA) is 413 Å². The zero-order valence-electron chi connectivity index (χ0n) is 49.0. The number of fused-ring (bicyclic) bond motifs is 7. The number of rotatable bonds is 13. The van der Waals surface area contributed by atoms with Gasteiger partial charge in [-0.15, -0.1) is 0 Å². The third-order valence-corrected chi connectivity index (χ3v) is 22.8. The van der Waals surface area contributed by atoms with Crippen molar-refractivity contribution in [3.63, 3.8) is 0 Å². The second-order valence-corrected chi connectivity index (χ2v) is 28.1. The second kappa shape index (κ2) is 24.1. The molecule has 10 rings (SSSR count). The molecule has 0 radical (unpaired) electrons. The molecule has 0 bridgehead atoms. The fourth-order valence-electron chi connectivity index (χ4n) is 17.3. The minimum absolute atomic E-state index is 0.0631. The molecule has 84 heavy (non-hydrogen) atoms. The van der Waals surface area contributed by atoms with Crippen LogP contribution in [-0.4, -0.2) is 263 Å². The van der Waals surface area contributed by atoms with Crippen LogP contribution in [-0.2, 0) is 52.2 Å². The largest absolute Gasteiger partial charge is 0.432 e. The number of aliphatic hydroxyl groups excluding tert-OH is 15. The van der Waals surface area contributed by atoms with Gasteiger partial charge < -0.3 is 124 Å². The summed E-state index contributed by atoms with van der Waals surface area (Å²) in [5.74, 6) is -0.853. The van der Waals surface area contributed by atoms with Gasteiger partial charge in [0.15, 0.2) is 25.2 Å². The number of aliphatic hydroxyl groups is 15. The van der Waals surface area contributed by atoms with E-state index in [0.29, 0.717) is 51.4 Å². The van der Waals surface area contributed by atoms with Gasteiger partial charge in [-0.05, 0) is 111 Å². The predicted molar refractivity (Wildman–Crippen MR) is 283 cm³/mol. The number of hydrogen-bond acceptors (Lipinski definition) is 26. The first-order valence-electron chi connectivity index (χ1n) is 30.2. The van der Waals surface area contributed by atoms with Gasteiger partial charge in [0.2, 0.25) is 6.29 Å². The van der Waals surface area contributed by atoms with Gasteiger partial charge in [0.25, 0.3) is 0 Å². The van der Waals surface area contributed by atoms with Crippen molar-refractivity contribution in [3.8, 4) is 0 Å². The summed E-state index contributed by atoms with van der Waals surface area (Å²) in [6.07, 6.45) is -28.5. The summed E-state index contributed by atoms with van der Waals surface area (Å²) in [6.45, 7) is 12.5. The molecule has 4 saturated carbocycles. The lowest BCUT2D eigenvalue weighted by Gasteiger charge is -2.71. The standard InChI is InChI=1S/C58H94O26/c1-24-34(63)38(67)42(71)49(78-24)82-45-29(19-59)79-47(44(73)40(45)69)77-22-30-37(66)39(68)43(72)50(80-30)84-52(74)58-16-14-53(2,3)18-26(58)25-8-9-32-54(4)12-11-33(55(5,23-60)31(54)10-13-57(32,7)56(25,6)15-17-58)81-51-46(36(65)28(62)21-76-51)83-48-41(70)35(64)27(61)20-75-48/h8,24,26-51,59-73H,9-23H2,1-7H3/t24-,26-,27-,28-,29-,30-,31-,32-,33-,34-,35+,36+,37-,38+,39+,40-,41-,42-,43-,44-,45-,46-,47-,48+,49+,50+,51+,54+,55-,56-,57-,58-/m0/s1. The molecule has 0 unspecified atom stereocenters. The zero-order chi connectivity index (χ0) is 61.1. The smallest absolute Gasteiger partial charge is 0.315 e. The SMILES string of the molecule is C[C@@H]1O[C@H](O[C@@H]2[C@@H](O)[C@H](O)[C@@H](OC[C@@H]3O[C@H](OC(=O)[C@]45CCC(C)(C)C[C@H]4C4=CC[C@H]6[C@]7(C)CC[C@H](O[C@H]8OC[C@H](O)[C@@H](O)[C@@H]8O[C@H]8OC[C@H](O)[C@@H](O)[C@@H]8O)[C@@](C)(CO)[C@H]7CC[C@]6(C)[C@@]4(C)CC5)[C@@H](O)[C@H](O)[C@H]3O)O[C@H]2CO)[C@@H](O)[C@H](O)[C@H]1O. The van der Waals surface area contributed by atoms with E-state index in [9.17, 15) is 76.6 Å². The Kier molecular flexibility index (Phi) is 18.7. The lowest BCUT2D eigenvalue weighted by molar-refractivity contribution is -0.361. The molecule has 0 aromatic carbocycles. The molecule has 482 valence electrons. The molecule has 0 aromatic heterocycles. The molecule has 10 aliphatic rings. The normalized spacial score (nSPS) is 54.9. The molecule has 9 fully saturated rings. The van der Waals surface area contributed by atoms with Crippen LogP contribution in [0.2, 0.25) is 0 Å². The molecule has 32 atom stereocenters. The highest BCUT2D eigenvalue weighted by Gasteiger charge is 2.71. The molecule has 0 spiro atoms. The van der Waals surface area contributed by atoms with E-state index in [4.69, 9.17) is 47.4 Å². The summed E-state index contributed by atoms with van der Waals surface area (Å²) >= 11 is 0. The average Bonchev–Trinajstić information content (AvgIpc) is 1.18. The maximum Gasteiger partial charge on any atom is 0.315 e. The van der Waals surface area contributed by atoms with Gasteiger partial charge in [-0.2, -0.15) is 0 Å². The summed E-state index contributed by atoms with van der Waals surface area (Å²) in [6, 6.07) is 0. The molecule has 5 heterocycles. The quantitative estimate of drug-likeness (QED) is 0.0499. The van der Waals surface area contributed by atoms with Crippen LogP contribution >= 0.6 is 0 Å². The number of esters is 1. The number of carbonyl (C=O) groups excluding carboxylic acids is 1. The van der Waals surface area contributed by atoms with E-state index >= 15 is 4.79 Å². The van der Waals surface area contributed by atoms with E-state index in [1.807, 2.05) is 6.92 Å². The zero-order valence-corrected chi connectivity index (χ0v) is 49.0. The molecule has 15 N–H and O–H groups in total. The summed E-state index contributed by atoms with van der Waals surface area (Å²) in [4.78, 5) is 15.2. The van der Waals surface area contributed by atoms with E-state index in [1.54, 1.807) is 0 Å². The Morgan fingerprint density at radius 3 is 1.87 bits per heavy atom.